The van der Waals surface area contributed by atoms with Crippen LogP contribution in [-0.4, -0.2) is 47.4 Å². The van der Waals surface area contributed by atoms with Gasteiger partial charge in [-0.2, -0.15) is 0 Å². The molecule has 400 valence electrons. The van der Waals surface area contributed by atoms with Crippen molar-refractivity contribution < 1.29 is 24.5 Å². The van der Waals surface area contributed by atoms with Crippen LogP contribution in [0.25, 0.3) is 0 Å². The van der Waals surface area contributed by atoms with Crippen LogP contribution in [0.2, 0.25) is 0 Å². The van der Waals surface area contributed by atoms with E-state index in [0.29, 0.717) is 25.9 Å². The van der Waals surface area contributed by atoms with Crippen LogP contribution in [-0.2, 0) is 14.3 Å². The second-order valence-corrected chi connectivity index (χ2v) is 20.7. The summed E-state index contributed by atoms with van der Waals surface area (Å²) in [6.45, 7) is 4.91. The number of hydrogen-bond donors (Lipinski definition) is 3. The standard InChI is InChI=1S/C62H117NO5/c1-3-5-7-9-11-13-15-17-19-20-21-22-24-27-30-34-38-42-46-50-54-60(65)59(58-64)63-61(66)55-51-47-43-39-35-31-28-25-23-26-29-33-37-41-45-49-53-57-68-62(67)56-52-48-44-40-36-32-18-16-14-12-10-8-6-4-2/h16,18,23,26,33,37,59-60,64-65H,3-15,17,19-22,24-25,27-32,34-36,38-58H2,1-2H3,(H,63,66)/b18-16-,26-23-,37-33-. The Morgan fingerprint density at radius 2 is 0.735 bits per heavy atom. The van der Waals surface area contributed by atoms with Crippen LogP contribution >= 0.6 is 0 Å². The molecular formula is C62H117NO5. The number of allylic oxidation sites excluding steroid dienone is 6. The van der Waals surface area contributed by atoms with Crippen LogP contribution in [0.4, 0.5) is 0 Å². The summed E-state index contributed by atoms with van der Waals surface area (Å²) in [5, 5.41) is 23.3. The molecule has 6 nitrogen and oxygen atoms in total. The zero-order chi connectivity index (χ0) is 49.3. The van der Waals surface area contributed by atoms with Crippen molar-refractivity contribution in [2.75, 3.05) is 13.2 Å². The van der Waals surface area contributed by atoms with Crippen LogP contribution in [0.15, 0.2) is 36.5 Å². The molecule has 0 aromatic carbocycles. The van der Waals surface area contributed by atoms with Gasteiger partial charge in [-0.15, -0.1) is 0 Å². The lowest BCUT2D eigenvalue weighted by Crippen LogP contribution is -2.45. The molecule has 0 radical (unpaired) electrons. The normalized spacial score (nSPS) is 12.8. The minimum atomic E-state index is -0.676. The monoisotopic (exact) mass is 956 g/mol. The Labute approximate surface area is 424 Å². The van der Waals surface area contributed by atoms with E-state index >= 15 is 0 Å². The van der Waals surface area contributed by atoms with E-state index in [4.69, 9.17) is 4.74 Å². The molecule has 0 spiro atoms. The van der Waals surface area contributed by atoms with E-state index in [1.165, 1.54) is 205 Å². The molecule has 0 fully saturated rings. The summed E-state index contributed by atoms with van der Waals surface area (Å²) in [4.78, 5) is 24.5. The maximum absolute atomic E-state index is 12.5. The van der Waals surface area contributed by atoms with Gasteiger partial charge in [-0.05, 0) is 89.9 Å². The van der Waals surface area contributed by atoms with Gasteiger partial charge in [0, 0.05) is 12.8 Å². The maximum Gasteiger partial charge on any atom is 0.305 e. The third-order valence-corrected chi connectivity index (χ3v) is 13.9. The zero-order valence-corrected chi connectivity index (χ0v) is 45.6. The Balaban J connectivity index is 3.50. The summed E-state index contributed by atoms with van der Waals surface area (Å²) in [5.74, 6) is -0.0729. The van der Waals surface area contributed by atoms with Gasteiger partial charge in [0.25, 0.3) is 0 Å². The smallest absolute Gasteiger partial charge is 0.305 e. The third kappa shape index (κ3) is 53.4. The Morgan fingerprint density at radius 1 is 0.412 bits per heavy atom. The predicted octanol–water partition coefficient (Wildman–Crippen LogP) is 18.8. The molecule has 0 aromatic rings. The molecule has 0 rings (SSSR count). The number of aliphatic hydroxyl groups excluding tert-OH is 2. The van der Waals surface area contributed by atoms with Crippen LogP contribution in [0.5, 0.6) is 0 Å². The van der Waals surface area contributed by atoms with Gasteiger partial charge in [0.1, 0.15) is 0 Å². The van der Waals surface area contributed by atoms with E-state index in [9.17, 15) is 19.8 Å². The highest BCUT2D eigenvalue weighted by Crippen LogP contribution is 2.17. The van der Waals surface area contributed by atoms with Crippen molar-refractivity contribution in [3.05, 3.63) is 36.5 Å². The van der Waals surface area contributed by atoms with E-state index in [1.807, 2.05) is 0 Å². The third-order valence-electron chi connectivity index (χ3n) is 13.9. The Hall–Kier alpha value is -1.92. The molecule has 0 aliphatic carbocycles. The number of rotatable bonds is 56. The molecule has 0 aliphatic rings. The van der Waals surface area contributed by atoms with E-state index in [2.05, 4.69) is 55.6 Å². The molecule has 2 atom stereocenters. The number of ether oxygens (including phenoxy) is 1. The zero-order valence-electron chi connectivity index (χ0n) is 45.6. The first-order valence-corrected chi connectivity index (χ1v) is 30.2. The molecule has 2 unspecified atom stereocenters. The summed E-state index contributed by atoms with van der Waals surface area (Å²) in [6.07, 6.45) is 71.4. The highest BCUT2D eigenvalue weighted by molar-refractivity contribution is 5.76. The van der Waals surface area contributed by atoms with Gasteiger partial charge in [-0.3, -0.25) is 9.59 Å². The summed E-state index contributed by atoms with van der Waals surface area (Å²) in [6, 6.07) is -0.555. The van der Waals surface area contributed by atoms with Crippen LogP contribution in [0.1, 0.15) is 322 Å². The molecule has 0 bridgehead atoms. The van der Waals surface area contributed by atoms with Crippen molar-refractivity contribution >= 4 is 11.9 Å². The summed E-state index contributed by atoms with van der Waals surface area (Å²) in [7, 11) is 0. The highest BCUT2D eigenvalue weighted by atomic mass is 16.5. The summed E-state index contributed by atoms with van der Waals surface area (Å²) < 4.78 is 5.45. The second kappa shape index (κ2) is 57.7. The van der Waals surface area contributed by atoms with Gasteiger partial charge < -0.3 is 20.3 Å². The van der Waals surface area contributed by atoms with Gasteiger partial charge in [0.05, 0.1) is 25.4 Å². The molecule has 6 heteroatoms. The summed E-state index contributed by atoms with van der Waals surface area (Å²) >= 11 is 0. The molecule has 68 heavy (non-hydrogen) atoms. The Bertz CT molecular complexity index is 1100. The predicted molar refractivity (Wildman–Crippen MR) is 296 cm³/mol. The van der Waals surface area contributed by atoms with Crippen LogP contribution in [0, 0.1) is 0 Å². The van der Waals surface area contributed by atoms with Crippen molar-refractivity contribution in [3.8, 4) is 0 Å². The van der Waals surface area contributed by atoms with Crippen molar-refractivity contribution in [2.45, 2.75) is 334 Å². The number of carbonyl (C=O) groups excluding carboxylic acids is 2. The van der Waals surface area contributed by atoms with Crippen LogP contribution < -0.4 is 5.32 Å². The van der Waals surface area contributed by atoms with E-state index < -0.39 is 12.1 Å². The van der Waals surface area contributed by atoms with Crippen LogP contribution in [0.3, 0.4) is 0 Å². The lowest BCUT2D eigenvalue weighted by molar-refractivity contribution is -0.143. The topological polar surface area (TPSA) is 95.9 Å². The fraction of sp³-hybridized carbons (Fsp3) is 0.871. The molecule has 0 saturated heterocycles. The average molecular weight is 957 g/mol. The van der Waals surface area contributed by atoms with Crippen molar-refractivity contribution in [1.82, 2.24) is 5.32 Å². The average Bonchev–Trinajstić information content (AvgIpc) is 3.34. The van der Waals surface area contributed by atoms with Gasteiger partial charge in [-0.25, -0.2) is 0 Å². The van der Waals surface area contributed by atoms with Crippen molar-refractivity contribution in [2.24, 2.45) is 0 Å². The molecular weight excluding hydrogens is 839 g/mol. The molecule has 0 saturated carbocycles. The minimum Gasteiger partial charge on any atom is -0.466 e. The minimum absolute atomic E-state index is 0.0238. The molecule has 0 heterocycles. The number of esters is 1. The maximum atomic E-state index is 12.5. The lowest BCUT2D eigenvalue weighted by atomic mass is 10.0. The number of aliphatic hydroxyl groups is 2. The van der Waals surface area contributed by atoms with E-state index in [0.717, 1.165) is 83.5 Å². The van der Waals surface area contributed by atoms with E-state index in [-0.39, 0.29) is 18.5 Å². The largest absolute Gasteiger partial charge is 0.466 e. The number of hydrogen-bond acceptors (Lipinski definition) is 5. The first-order chi connectivity index (χ1) is 33.5. The lowest BCUT2D eigenvalue weighted by Gasteiger charge is -2.22. The fourth-order valence-corrected chi connectivity index (χ4v) is 9.25. The number of amides is 1. The second-order valence-electron chi connectivity index (χ2n) is 20.7. The van der Waals surface area contributed by atoms with Crippen molar-refractivity contribution in [1.29, 1.82) is 0 Å². The molecule has 1 amide bonds. The number of carbonyl (C=O) groups is 2. The number of unbranched alkanes of at least 4 members (excludes halogenated alkanes) is 39. The first-order valence-electron chi connectivity index (χ1n) is 30.2. The SMILES string of the molecule is CCCCCCC/C=C\CCCCCCCC(=O)OCCCCC/C=C\C/C=C\CCCCCCCCCC(=O)NC(CO)C(O)CCCCCCCCCCCCCCCCCCCCCC. The Kier molecular flexibility index (Phi) is 56.0. The molecule has 0 aliphatic heterocycles. The molecule has 0 aromatic heterocycles. The van der Waals surface area contributed by atoms with Gasteiger partial charge in [0.2, 0.25) is 5.91 Å². The molecule has 3 N–H and O–H groups in total. The van der Waals surface area contributed by atoms with Gasteiger partial charge >= 0.3 is 5.97 Å². The fourth-order valence-electron chi connectivity index (χ4n) is 9.25. The van der Waals surface area contributed by atoms with E-state index in [1.54, 1.807) is 0 Å². The first kappa shape index (κ1) is 66.1. The highest BCUT2D eigenvalue weighted by Gasteiger charge is 2.20. The van der Waals surface area contributed by atoms with Gasteiger partial charge in [-0.1, -0.05) is 256 Å². The quantitative estimate of drug-likeness (QED) is 0.0321. The number of nitrogens with one attached hydrogen (secondary N) is 1. The Morgan fingerprint density at radius 3 is 1.13 bits per heavy atom. The summed E-state index contributed by atoms with van der Waals surface area (Å²) in [5.41, 5.74) is 0. The van der Waals surface area contributed by atoms with Gasteiger partial charge in [0.15, 0.2) is 0 Å². The van der Waals surface area contributed by atoms with Crippen molar-refractivity contribution in [3.63, 3.8) is 0 Å².